The summed E-state index contributed by atoms with van der Waals surface area (Å²) in [5.74, 6) is 0. The Hall–Kier alpha value is -1.50. The Morgan fingerprint density at radius 3 is 2.58 bits per heavy atom. The van der Waals surface area contributed by atoms with E-state index in [9.17, 15) is 0 Å². The van der Waals surface area contributed by atoms with Gasteiger partial charge in [-0.25, -0.2) is 0 Å². The highest BCUT2D eigenvalue weighted by Crippen LogP contribution is 2.36. The van der Waals surface area contributed by atoms with Crippen molar-refractivity contribution in [2.24, 2.45) is 0 Å². The molecule has 0 aliphatic carbocycles. The number of pyridine rings is 1. The molecule has 2 aromatic rings. The van der Waals surface area contributed by atoms with E-state index in [1.807, 2.05) is 32.0 Å². The maximum atomic E-state index is 8.98. The summed E-state index contributed by atoms with van der Waals surface area (Å²) in [7, 11) is 3.87. The molecule has 0 aliphatic rings. The van der Waals surface area contributed by atoms with Crippen molar-refractivity contribution in [2.75, 3.05) is 19.0 Å². The first-order valence-electron chi connectivity index (χ1n) is 5.78. The Balaban J connectivity index is 2.95. The third kappa shape index (κ3) is 2.47. The van der Waals surface area contributed by atoms with Crippen LogP contribution in [0.25, 0.3) is 10.9 Å². The van der Waals surface area contributed by atoms with E-state index in [1.165, 1.54) is 0 Å². The monoisotopic (exact) mass is 293 g/mol. The molecule has 1 heterocycles. The van der Waals surface area contributed by atoms with Gasteiger partial charge in [0.2, 0.25) is 0 Å². The molecule has 0 atom stereocenters. The van der Waals surface area contributed by atoms with Crippen molar-refractivity contribution >= 4 is 39.8 Å². The average Bonchev–Trinajstić information content (AvgIpc) is 2.31. The first-order valence-corrected chi connectivity index (χ1v) is 6.53. The Morgan fingerprint density at radius 1 is 1.32 bits per heavy atom. The van der Waals surface area contributed by atoms with Crippen molar-refractivity contribution in [2.45, 2.75) is 13.3 Å². The number of hydrogen-bond acceptors (Lipinski definition) is 3. The molecule has 0 amide bonds. The molecule has 3 nitrogen and oxygen atoms in total. The Kier molecular flexibility index (Phi) is 3.84. The molecule has 0 radical (unpaired) electrons. The lowest BCUT2D eigenvalue weighted by molar-refractivity contribution is 1.06. The molecule has 1 aromatic carbocycles. The van der Waals surface area contributed by atoms with Crippen LogP contribution in [0.3, 0.4) is 0 Å². The summed E-state index contributed by atoms with van der Waals surface area (Å²) < 4.78 is 0. The van der Waals surface area contributed by atoms with Gasteiger partial charge in [0.25, 0.3) is 0 Å². The number of aromatic nitrogens is 1. The van der Waals surface area contributed by atoms with Crippen molar-refractivity contribution in [3.63, 3.8) is 0 Å². The highest BCUT2D eigenvalue weighted by atomic mass is 35.5. The Bertz CT molecular complexity index is 687. The number of anilines is 1. The minimum atomic E-state index is 0.312. The standard InChI is InChI=1S/C14H13Cl2N3/c1-8-10(4-5-17)14(19(2)3)11-6-9(15)7-12(16)13(11)18-8/h6-7H,4H2,1-3H3. The summed E-state index contributed by atoms with van der Waals surface area (Å²) in [5.41, 5.74) is 3.41. The molecule has 0 fully saturated rings. The number of hydrogen-bond donors (Lipinski definition) is 0. The summed E-state index contributed by atoms with van der Waals surface area (Å²) in [6, 6.07) is 5.70. The highest BCUT2D eigenvalue weighted by Gasteiger charge is 2.16. The van der Waals surface area contributed by atoms with Gasteiger partial charge in [0.15, 0.2) is 0 Å². The van der Waals surface area contributed by atoms with Gasteiger partial charge in [0, 0.05) is 35.8 Å². The van der Waals surface area contributed by atoms with Crippen LogP contribution in [0.5, 0.6) is 0 Å². The SMILES string of the molecule is Cc1nc2c(Cl)cc(Cl)cc2c(N(C)C)c1CC#N. The summed E-state index contributed by atoms with van der Waals surface area (Å²) in [6.07, 6.45) is 0.312. The molecule has 0 spiro atoms. The fraction of sp³-hybridized carbons (Fsp3) is 0.286. The van der Waals surface area contributed by atoms with Gasteiger partial charge in [-0.15, -0.1) is 0 Å². The normalized spacial score (nSPS) is 10.5. The van der Waals surface area contributed by atoms with Crippen LogP contribution in [0.4, 0.5) is 5.69 Å². The van der Waals surface area contributed by atoms with Gasteiger partial charge in [-0.2, -0.15) is 5.26 Å². The first kappa shape index (κ1) is 13.9. The number of aryl methyl sites for hydroxylation is 1. The summed E-state index contributed by atoms with van der Waals surface area (Å²) in [6.45, 7) is 1.89. The van der Waals surface area contributed by atoms with Crippen LogP contribution >= 0.6 is 23.2 Å². The van der Waals surface area contributed by atoms with Crippen LogP contribution in [-0.2, 0) is 6.42 Å². The number of halogens is 2. The zero-order chi connectivity index (χ0) is 14.2. The van der Waals surface area contributed by atoms with Gasteiger partial charge in [0.05, 0.1) is 28.7 Å². The molecular formula is C14H13Cl2N3. The van der Waals surface area contributed by atoms with Crippen LogP contribution in [0.15, 0.2) is 12.1 Å². The summed E-state index contributed by atoms with van der Waals surface area (Å²) in [5, 5.41) is 10.9. The second-order valence-electron chi connectivity index (χ2n) is 4.54. The Labute approximate surface area is 122 Å². The van der Waals surface area contributed by atoms with Crippen molar-refractivity contribution in [3.8, 4) is 6.07 Å². The minimum Gasteiger partial charge on any atom is -0.377 e. The molecule has 19 heavy (non-hydrogen) atoms. The van der Waals surface area contributed by atoms with Gasteiger partial charge in [-0.05, 0) is 19.1 Å². The van der Waals surface area contributed by atoms with Gasteiger partial charge >= 0.3 is 0 Å². The molecule has 0 saturated heterocycles. The van der Waals surface area contributed by atoms with E-state index in [4.69, 9.17) is 28.5 Å². The van der Waals surface area contributed by atoms with Crippen molar-refractivity contribution < 1.29 is 0 Å². The lowest BCUT2D eigenvalue weighted by Gasteiger charge is -2.21. The van der Waals surface area contributed by atoms with E-state index in [0.29, 0.717) is 22.0 Å². The van der Waals surface area contributed by atoms with Gasteiger partial charge in [-0.1, -0.05) is 23.2 Å². The molecule has 0 saturated carbocycles. The van der Waals surface area contributed by atoms with E-state index in [0.717, 1.165) is 22.3 Å². The topological polar surface area (TPSA) is 39.9 Å². The zero-order valence-corrected chi connectivity index (χ0v) is 12.5. The van der Waals surface area contributed by atoms with E-state index in [-0.39, 0.29) is 0 Å². The fourth-order valence-corrected chi connectivity index (χ4v) is 2.77. The van der Waals surface area contributed by atoms with Crippen molar-refractivity contribution in [3.05, 3.63) is 33.4 Å². The van der Waals surface area contributed by atoms with E-state index < -0.39 is 0 Å². The zero-order valence-electron chi connectivity index (χ0n) is 11.0. The molecule has 0 aliphatic heterocycles. The molecule has 2 rings (SSSR count). The number of nitriles is 1. The average molecular weight is 294 g/mol. The molecule has 0 N–H and O–H groups in total. The van der Waals surface area contributed by atoms with Crippen molar-refractivity contribution in [1.82, 2.24) is 4.98 Å². The lowest BCUT2D eigenvalue weighted by Crippen LogP contribution is -2.14. The van der Waals surface area contributed by atoms with Crippen molar-refractivity contribution in [1.29, 1.82) is 5.26 Å². The minimum absolute atomic E-state index is 0.312. The second-order valence-corrected chi connectivity index (χ2v) is 5.38. The van der Waals surface area contributed by atoms with Gasteiger partial charge in [-0.3, -0.25) is 4.98 Å². The second kappa shape index (κ2) is 5.24. The fourth-order valence-electron chi connectivity index (χ4n) is 2.23. The first-order chi connectivity index (χ1) is 8.95. The van der Waals surface area contributed by atoms with Crippen LogP contribution in [0.1, 0.15) is 11.3 Å². The predicted octanol–water partition coefficient (Wildman–Crippen LogP) is 3.98. The van der Waals surface area contributed by atoms with Crippen LogP contribution in [0, 0.1) is 18.3 Å². The highest BCUT2D eigenvalue weighted by molar-refractivity contribution is 6.38. The Morgan fingerprint density at radius 2 is 2.00 bits per heavy atom. The molecular weight excluding hydrogens is 281 g/mol. The van der Waals surface area contributed by atoms with Crippen LogP contribution < -0.4 is 4.90 Å². The molecule has 1 aromatic heterocycles. The number of fused-ring (bicyclic) bond motifs is 1. The summed E-state index contributed by atoms with van der Waals surface area (Å²) >= 11 is 12.3. The number of nitrogens with zero attached hydrogens (tertiary/aromatic N) is 3. The molecule has 0 bridgehead atoms. The predicted molar refractivity (Wildman–Crippen MR) is 80.1 cm³/mol. The van der Waals surface area contributed by atoms with E-state index in [1.54, 1.807) is 6.07 Å². The third-order valence-corrected chi connectivity index (χ3v) is 3.49. The molecule has 0 unspecified atom stereocenters. The summed E-state index contributed by atoms with van der Waals surface area (Å²) in [4.78, 5) is 6.48. The van der Waals surface area contributed by atoms with Gasteiger partial charge < -0.3 is 4.90 Å². The molecule has 98 valence electrons. The number of rotatable bonds is 2. The van der Waals surface area contributed by atoms with E-state index in [2.05, 4.69) is 11.1 Å². The molecule has 5 heteroatoms. The van der Waals surface area contributed by atoms with Crippen LogP contribution in [-0.4, -0.2) is 19.1 Å². The number of benzene rings is 1. The third-order valence-electron chi connectivity index (χ3n) is 2.99. The maximum Gasteiger partial charge on any atom is 0.0913 e. The largest absolute Gasteiger partial charge is 0.377 e. The quantitative estimate of drug-likeness (QED) is 0.841. The lowest BCUT2D eigenvalue weighted by atomic mass is 10.0. The van der Waals surface area contributed by atoms with Gasteiger partial charge in [0.1, 0.15) is 0 Å². The van der Waals surface area contributed by atoms with E-state index >= 15 is 0 Å². The maximum absolute atomic E-state index is 8.98. The van der Waals surface area contributed by atoms with Crippen LogP contribution in [0.2, 0.25) is 10.0 Å². The smallest absolute Gasteiger partial charge is 0.0913 e.